The highest BCUT2D eigenvalue weighted by Crippen LogP contribution is 2.55. The number of rotatable bonds is 14. The van der Waals surface area contributed by atoms with Crippen LogP contribution in [-0.4, -0.2) is 9.97 Å². The summed E-state index contributed by atoms with van der Waals surface area (Å²) >= 11 is 0. The second kappa shape index (κ2) is 25.9. The van der Waals surface area contributed by atoms with Crippen molar-refractivity contribution in [2.24, 2.45) is 0 Å². The fraction of sp³-hybridized carbons (Fsp3) is 0.0588. The van der Waals surface area contributed by atoms with Crippen LogP contribution < -0.4 is 19.6 Å². The van der Waals surface area contributed by atoms with E-state index < -0.39 is 0 Å². The van der Waals surface area contributed by atoms with Crippen LogP contribution in [0.15, 0.2) is 382 Å². The van der Waals surface area contributed by atoms with Crippen LogP contribution in [0.4, 0.5) is 68.2 Å². The highest BCUT2D eigenvalue weighted by atomic mass is 15.2. The number of nitrogens with one attached hydrogen (secondary N) is 2. The van der Waals surface area contributed by atoms with Crippen LogP contribution in [0.3, 0.4) is 0 Å². The first-order chi connectivity index (χ1) is 53.1. The van der Waals surface area contributed by atoms with Crippen molar-refractivity contribution in [1.82, 2.24) is 9.97 Å². The van der Waals surface area contributed by atoms with Crippen molar-refractivity contribution in [3.05, 3.63) is 410 Å². The summed E-state index contributed by atoms with van der Waals surface area (Å²) in [6, 6.07) is 140. The third-order valence-electron chi connectivity index (χ3n) is 22.9. The van der Waals surface area contributed by atoms with Crippen LogP contribution in [0.25, 0.3) is 88.1 Å². The average molecular weight is 1390 g/mol. The van der Waals surface area contributed by atoms with Gasteiger partial charge in [-0.1, -0.05) is 233 Å². The van der Waals surface area contributed by atoms with Crippen molar-refractivity contribution < 1.29 is 0 Å². The Bertz CT molecular complexity index is 6280. The first kappa shape index (κ1) is 64.0. The minimum Gasteiger partial charge on any atom is -0.355 e. The number of aromatic amines is 2. The Morgan fingerprint density at radius 3 is 0.815 bits per heavy atom. The zero-order valence-corrected chi connectivity index (χ0v) is 60.4. The molecule has 0 radical (unpaired) electrons. The lowest BCUT2D eigenvalue weighted by atomic mass is 9.68. The van der Waals surface area contributed by atoms with Gasteiger partial charge >= 0.3 is 0 Å². The van der Waals surface area contributed by atoms with Crippen LogP contribution >= 0.6 is 0 Å². The fourth-order valence-corrected chi connectivity index (χ4v) is 17.5. The molecule has 0 atom stereocenters. The summed E-state index contributed by atoms with van der Waals surface area (Å²) in [5.74, 6) is 0. The molecule has 0 saturated carbocycles. The van der Waals surface area contributed by atoms with E-state index >= 15 is 0 Å². The zero-order chi connectivity index (χ0) is 72.0. The lowest BCUT2D eigenvalue weighted by molar-refractivity contribution is 0.561. The maximum absolute atomic E-state index is 3.73. The van der Waals surface area contributed by atoms with E-state index in [1.54, 1.807) is 0 Å². The Morgan fingerprint density at radius 1 is 0.241 bits per heavy atom. The molecule has 0 bridgehead atoms. The van der Waals surface area contributed by atoms with E-state index in [1.165, 1.54) is 111 Å². The van der Waals surface area contributed by atoms with Crippen molar-refractivity contribution in [3.8, 4) is 44.5 Å². The van der Waals surface area contributed by atoms with Crippen LogP contribution in [0.1, 0.15) is 48.6 Å². The van der Waals surface area contributed by atoms with E-state index in [0.29, 0.717) is 0 Å². The Balaban J connectivity index is 0.551. The third kappa shape index (κ3) is 10.9. The molecule has 6 heteroatoms. The Morgan fingerprint density at radius 2 is 0.491 bits per heavy atom. The molecule has 0 fully saturated rings. The molecule has 6 nitrogen and oxygen atoms in total. The summed E-state index contributed by atoms with van der Waals surface area (Å²) in [5, 5.41) is 4.83. The van der Waals surface area contributed by atoms with Crippen LogP contribution in [0, 0.1) is 0 Å². The highest BCUT2D eigenvalue weighted by molar-refractivity contribution is 6.11. The maximum atomic E-state index is 3.73. The van der Waals surface area contributed by atoms with Gasteiger partial charge in [0.2, 0.25) is 0 Å². The normalized spacial score (nSPS) is 13.3. The predicted molar refractivity (Wildman–Crippen MR) is 454 cm³/mol. The molecule has 16 aromatic carbocycles. The van der Waals surface area contributed by atoms with Crippen molar-refractivity contribution in [2.45, 2.75) is 38.0 Å². The van der Waals surface area contributed by atoms with Gasteiger partial charge in [-0.2, -0.15) is 0 Å². The molecule has 0 spiro atoms. The predicted octanol–water partition coefficient (Wildman–Crippen LogP) is 28.0. The quantitative estimate of drug-likeness (QED) is 0.114. The molecule has 20 rings (SSSR count). The number of nitrogens with zero attached hydrogens (tertiary/aromatic N) is 4. The number of hydrogen-bond acceptors (Lipinski definition) is 4. The Labute approximate surface area is 630 Å². The Kier molecular flexibility index (Phi) is 15.3. The molecule has 2 aliphatic rings. The zero-order valence-electron chi connectivity index (χ0n) is 60.4. The minimum absolute atomic E-state index is 0.105. The van der Waals surface area contributed by atoms with E-state index in [4.69, 9.17) is 0 Å². The molecular formula is C102H76N6. The molecule has 0 saturated heterocycles. The number of H-pyrrole nitrogens is 2. The van der Waals surface area contributed by atoms with Crippen LogP contribution in [0.5, 0.6) is 0 Å². The van der Waals surface area contributed by atoms with Gasteiger partial charge in [0, 0.05) is 99.9 Å². The molecule has 0 amide bonds. The minimum atomic E-state index is -0.331. The SMILES string of the molecule is CC1(C)c2ccccc2N(c2ccc(-c3ccc4[nH]c5ccc(-c6ccc(N7c8ccccc8C(C)(Cc8ccc(N(c9ccccc9)c9ccc(-c%10ccc%11[nH]c%12ccc(-c%13ccc(N(c%14ccccc%14)c%14ccccc%14)cc%13)cc%12c%11c%10)cc9)cc8)c8ccccc87)cc6)cc5c4c3)cc2)c2ccccc21. The number of aromatic nitrogens is 2. The van der Waals surface area contributed by atoms with Gasteiger partial charge in [-0.05, 0) is 249 Å². The topological polar surface area (TPSA) is 44.5 Å². The number of benzene rings is 16. The van der Waals surface area contributed by atoms with Gasteiger partial charge in [0.05, 0.1) is 22.7 Å². The molecule has 4 heterocycles. The number of para-hydroxylation sites is 7. The summed E-state index contributed by atoms with van der Waals surface area (Å²) in [4.78, 5) is 17.0. The molecule has 0 aliphatic carbocycles. The maximum Gasteiger partial charge on any atom is 0.0502 e. The van der Waals surface area contributed by atoms with E-state index in [0.717, 1.165) is 79.6 Å². The van der Waals surface area contributed by atoms with Crippen molar-refractivity contribution >= 4 is 112 Å². The van der Waals surface area contributed by atoms with E-state index in [-0.39, 0.29) is 10.8 Å². The van der Waals surface area contributed by atoms with Gasteiger partial charge in [-0.3, -0.25) is 0 Å². The molecule has 108 heavy (non-hydrogen) atoms. The molecule has 514 valence electrons. The number of hydrogen-bond donors (Lipinski definition) is 2. The monoisotopic (exact) mass is 1380 g/mol. The van der Waals surface area contributed by atoms with E-state index in [2.05, 4.69) is 433 Å². The van der Waals surface area contributed by atoms with Gasteiger partial charge in [-0.25, -0.2) is 0 Å². The molecule has 2 N–H and O–H groups in total. The average Bonchev–Trinajstić information content (AvgIpc) is 0.997. The lowest BCUT2D eigenvalue weighted by Gasteiger charge is -2.44. The molecule has 18 aromatic rings. The summed E-state index contributed by atoms with van der Waals surface area (Å²) in [6.45, 7) is 7.11. The Hall–Kier alpha value is -13.7. The summed E-state index contributed by atoms with van der Waals surface area (Å²) in [6.07, 6.45) is 0.818. The van der Waals surface area contributed by atoms with Gasteiger partial charge in [0.15, 0.2) is 0 Å². The van der Waals surface area contributed by atoms with Crippen molar-refractivity contribution in [2.75, 3.05) is 19.6 Å². The number of anilines is 12. The standard InChI is InChI=1S/C102H76N6/c1-101(2)89-27-13-17-31-97(89)107(98-32-18-14-28-90(98)101)83-55-41-71(42-56-83)75-47-61-95-87(65-75)88-66-76(48-62-96(88)104-95)72-43-57-84(58-44-72)108-99-33-19-15-29-91(99)102(3,92-30-16-20-34-100(92)108)67-68-35-49-80(50-36-68)106(79-25-11-6-12-26-79)82-53-39-70(40-54-82)74-46-60-94-86(64-74)85-63-73(45-59-93(85)103-94)69-37-51-81(52-38-69)105(77-21-7-4-8-22-77)78-23-9-5-10-24-78/h4-66,103-104H,67H2,1-3H3. The van der Waals surface area contributed by atoms with Gasteiger partial charge < -0.3 is 29.6 Å². The van der Waals surface area contributed by atoms with Gasteiger partial charge in [0.25, 0.3) is 0 Å². The van der Waals surface area contributed by atoms with Gasteiger partial charge in [-0.15, -0.1) is 0 Å². The van der Waals surface area contributed by atoms with Crippen LogP contribution in [-0.2, 0) is 17.3 Å². The van der Waals surface area contributed by atoms with Crippen molar-refractivity contribution in [1.29, 1.82) is 0 Å². The van der Waals surface area contributed by atoms with Crippen LogP contribution in [0.2, 0.25) is 0 Å². The first-order valence-corrected chi connectivity index (χ1v) is 37.5. The molecular weight excluding hydrogens is 1310 g/mol. The highest BCUT2D eigenvalue weighted by Gasteiger charge is 2.41. The summed E-state index contributed by atoms with van der Waals surface area (Å²) in [5.41, 5.74) is 33.8. The van der Waals surface area contributed by atoms with Crippen molar-refractivity contribution in [3.63, 3.8) is 0 Å². The molecule has 2 aromatic heterocycles. The first-order valence-electron chi connectivity index (χ1n) is 37.5. The smallest absolute Gasteiger partial charge is 0.0502 e. The lowest BCUT2D eigenvalue weighted by Crippen LogP contribution is -2.34. The number of fused-ring (bicyclic) bond motifs is 10. The largest absolute Gasteiger partial charge is 0.355 e. The van der Waals surface area contributed by atoms with E-state index in [1.807, 2.05) is 0 Å². The molecule has 2 aliphatic heterocycles. The second-order valence-corrected chi connectivity index (χ2v) is 29.7. The third-order valence-corrected chi connectivity index (χ3v) is 22.9. The summed E-state index contributed by atoms with van der Waals surface area (Å²) in [7, 11) is 0. The second-order valence-electron chi connectivity index (χ2n) is 29.7. The summed E-state index contributed by atoms with van der Waals surface area (Å²) < 4.78 is 0. The fourth-order valence-electron chi connectivity index (χ4n) is 17.5. The van der Waals surface area contributed by atoms with E-state index in [9.17, 15) is 0 Å². The van der Waals surface area contributed by atoms with Gasteiger partial charge in [0.1, 0.15) is 0 Å². The molecule has 0 unspecified atom stereocenters.